The summed E-state index contributed by atoms with van der Waals surface area (Å²) in [5.74, 6) is -0.462. The summed E-state index contributed by atoms with van der Waals surface area (Å²) in [6.45, 7) is 2.51. The van der Waals surface area contributed by atoms with E-state index in [1.165, 1.54) is 0 Å². The SMILES string of the molecule is C[C@@H](NCC(=O)Nc1ccccc1C(=O)NCc1ccccc1)c1ccc(Cl)cc1. The maximum atomic E-state index is 12.6. The Hall–Kier alpha value is -3.15. The topological polar surface area (TPSA) is 70.2 Å². The molecule has 0 aromatic heterocycles. The van der Waals surface area contributed by atoms with Crippen molar-refractivity contribution in [3.63, 3.8) is 0 Å². The minimum absolute atomic E-state index is 0.0163. The predicted octanol–water partition coefficient (Wildman–Crippen LogP) is 4.56. The van der Waals surface area contributed by atoms with E-state index in [4.69, 9.17) is 11.6 Å². The van der Waals surface area contributed by atoms with Crippen molar-refractivity contribution in [2.45, 2.75) is 19.5 Å². The van der Waals surface area contributed by atoms with Crippen LogP contribution in [0.4, 0.5) is 5.69 Å². The highest BCUT2D eigenvalue weighted by atomic mass is 35.5. The molecule has 3 rings (SSSR count). The van der Waals surface area contributed by atoms with Crippen LogP contribution in [0.25, 0.3) is 0 Å². The zero-order valence-corrected chi connectivity index (χ0v) is 17.4. The highest BCUT2D eigenvalue weighted by Gasteiger charge is 2.14. The molecule has 0 spiro atoms. The molecular formula is C24H24ClN3O2. The van der Waals surface area contributed by atoms with Crippen molar-refractivity contribution in [1.29, 1.82) is 0 Å². The van der Waals surface area contributed by atoms with Crippen LogP contribution in [0.15, 0.2) is 78.9 Å². The second kappa shape index (κ2) is 10.6. The van der Waals surface area contributed by atoms with Gasteiger partial charge in [0.05, 0.1) is 17.8 Å². The Morgan fingerprint density at radius 1 is 0.900 bits per heavy atom. The highest BCUT2D eigenvalue weighted by Crippen LogP contribution is 2.17. The Balaban J connectivity index is 1.56. The molecule has 3 aromatic carbocycles. The summed E-state index contributed by atoms with van der Waals surface area (Å²) in [4.78, 5) is 25.0. The first-order valence-electron chi connectivity index (χ1n) is 9.73. The fourth-order valence-corrected chi connectivity index (χ4v) is 3.10. The predicted molar refractivity (Wildman–Crippen MR) is 121 cm³/mol. The number of anilines is 1. The molecule has 0 saturated heterocycles. The summed E-state index contributed by atoms with van der Waals surface area (Å²) in [5.41, 5.74) is 2.95. The number of carbonyl (C=O) groups excluding carboxylic acids is 2. The molecule has 0 radical (unpaired) electrons. The Labute approximate surface area is 181 Å². The first-order chi connectivity index (χ1) is 14.5. The minimum Gasteiger partial charge on any atom is -0.348 e. The van der Waals surface area contributed by atoms with Crippen LogP contribution in [0.2, 0.25) is 5.02 Å². The largest absolute Gasteiger partial charge is 0.348 e. The number of amides is 2. The fraction of sp³-hybridized carbons (Fsp3) is 0.167. The third-order valence-electron chi connectivity index (χ3n) is 4.68. The van der Waals surface area contributed by atoms with E-state index in [0.717, 1.165) is 11.1 Å². The van der Waals surface area contributed by atoms with Gasteiger partial charge >= 0.3 is 0 Å². The number of rotatable bonds is 8. The van der Waals surface area contributed by atoms with Gasteiger partial charge in [-0.25, -0.2) is 0 Å². The maximum absolute atomic E-state index is 12.6. The van der Waals surface area contributed by atoms with Crippen LogP contribution in [0.5, 0.6) is 0 Å². The van der Waals surface area contributed by atoms with Crippen molar-refractivity contribution in [1.82, 2.24) is 10.6 Å². The van der Waals surface area contributed by atoms with Crippen molar-refractivity contribution >= 4 is 29.1 Å². The van der Waals surface area contributed by atoms with Crippen molar-refractivity contribution in [3.05, 3.63) is 101 Å². The van der Waals surface area contributed by atoms with E-state index in [2.05, 4.69) is 16.0 Å². The van der Waals surface area contributed by atoms with Gasteiger partial charge in [-0.2, -0.15) is 0 Å². The van der Waals surface area contributed by atoms with Crippen LogP contribution in [-0.4, -0.2) is 18.4 Å². The van der Waals surface area contributed by atoms with Gasteiger partial charge in [-0.3, -0.25) is 9.59 Å². The number of hydrogen-bond donors (Lipinski definition) is 3. The van der Waals surface area contributed by atoms with Crippen LogP contribution < -0.4 is 16.0 Å². The summed E-state index contributed by atoms with van der Waals surface area (Å²) >= 11 is 5.91. The first kappa shape index (κ1) is 21.6. The van der Waals surface area contributed by atoms with E-state index in [0.29, 0.717) is 22.8 Å². The molecule has 0 bridgehead atoms. The van der Waals surface area contributed by atoms with E-state index in [-0.39, 0.29) is 24.4 Å². The standard InChI is InChI=1S/C24H24ClN3O2/c1-17(19-11-13-20(25)14-12-19)26-16-23(29)28-22-10-6-5-9-21(22)24(30)27-15-18-7-3-2-4-8-18/h2-14,17,26H,15-16H2,1H3,(H,27,30)(H,28,29)/t17-/m1/s1. The number of benzene rings is 3. The number of hydrogen-bond acceptors (Lipinski definition) is 3. The summed E-state index contributed by atoms with van der Waals surface area (Å²) in [6, 6.07) is 24.1. The quantitative estimate of drug-likeness (QED) is 0.499. The summed E-state index contributed by atoms with van der Waals surface area (Å²) in [5, 5.41) is 9.56. The molecule has 3 aromatic rings. The lowest BCUT2D eigenvalue weighted by molar-refractivity contribution is -0.115. The van der Waals surface area contributed by atoms with Crippen LogP contribution >= 0.6 is 11.6 Å². The number of halogens is 1. The van der Waals surface area contributed by atoms with Crippen molar-refractivity contribution in [2.75, 3.05) is 11.9 Å². The summed E-state index contributed by atoms with van der Waals surface area (Å²) < 4.78 is 0. The number of carbonyl (C=O) groups is 2. The lowest BCUT2D eigenvalue weighted by Crippen LogP contribution is -2.31. The third-order valence-corrected chi connectivity index (χ3v) is 4.93. The van der Waals surface area contributed by atoms with Gasteiger partial charge < -0.3 is 16.0 Å². The molecular weight excluding hydrogens is 398 g/mol. The summed E-state index contributed by atoms with van der Waals surface area (Å²) in [7, 11) is 0. The molecule has 1 atom stereocenters. The average molecular weight is 422 g/mol. The van der Waals surface area contributed by atoms with Crippen LogP contribution in [0.3, 0.4) is 0 Å². The van der Waals surface area contributed by atoms with Crippen molar-refractivity contribution in [2.24, 2.45) is 0 Å². The van der Waals surface area contributed by atoms with Gasteiger partial charge in [0, 0.05) is 17.6 Å². The summed E-state index contributed by atoms with van der Waals surface area (Å²) in [6.07, 6.45) is 0. The van der Waals surface area contributed by atoms with E-state index < -0.39 is 0 Å². The van der Waals surface area contributed by atoms with E-state index >= 15 is 0 Å². The molecule has 5 nitrogen and oxygen atoms in total. The molecule has 0 fully saturated rings. The number of para-hydroxylation sites is 1. The smallest absolute Gasteiger partial charge is 0.253 e. The Morgan fingerprint density at radius 3 is 2.30 bits per heavy atom. The van der Waals surface area contributed by atoms with E-state index in [9.17, 15) is 9.59 Å². The zero-order valence-electron chi connectivity index (χ0n) is 16.7. The normalized spacial score (nSPS) is 11.5. The van der Waals surface area contributed by atoms with Crippen LogP contribution in [0, 0.1) is 0 Å². The van der Waals surface area contributed by atoms with Gasteiger partial charge in [-0.15, -0.1) is 0 Å². The third kappa shape index (κ3) is 6.17. The average Bonchev–Trinajstić information content (AvgIpc) is 2.77. The molecule has 0 aliphatic rings. The van der Waals surface area contributed by atoms with Gasteiger partial charge in [0.2, 0.25) is 5.91 Å². The van der Waals surface area contributed by atoms with Gasteiger partial charge in [-0.1, -0.05) is 66.2 Å². The second-order valence-electron chi connectivity index (χ2n) is 6.92. The van der Waals surface area contributed by atoms with E-state index in [1.54, 1.807) is 24.3 Å². The van der Waals surface area contributed by atoms with Crippen LogP contribution in [0.1, 0.15) is 34.5 Å². The monoisotopic (exact) mass is 421 g/mol. The Morgan fingerprint density at radius 2 is 1.57 bits per heavy atom. The highest BCUT2D eigenvalue weighted by molar-refractivity contribution is 6.30. The molecule has 154 valence electrons. The van der Waals surface area contributed by atoms with E-state index in [1.807, 2.05) is 61.5 Å². The van der Waals surface area contributed by atoms with Crippen molar-refractivity contribution < 1.29 is 9.59 Å². The lowest BCUT2D eigenvalue weighted by Gasteiger charge is -2.15. The second-order valence-corrected chi connectivity index (χ2v) is 7.35. The molecule has 0 unspecified atom stereocenters. The Kier molecular flexibility index (Phi) is 7.60. The zero-order chi connectivity index (χ0) is 21.3. The van der Waals surface area contributed by atoms with Gasteiger partial charge in [-0.05, 0) is 42.3 Å². The van der Waals surface area contributed by atoms with Gasteiger partial charge in [0.25, 0.3) is 5.91 Å². The Bertz CT molecular complexity index is 991. The molecule has 0 aliphatic carbocycles. The lowest BCUT2D eigenvalue weighted by atomic mass is 10.1. The number of nitrogens with one attached hydrogen (secondary N) is 3. The molecule has 3 N–H and O–H groups in total. The van der Waals surface area contributed by atoms with Crippen LogP contribution in [-0.2, 0) is 11.3 Å². The fourth-order valence-electron chi connectivity index (χ4n) is 2.97. The first-order valence-corrected chi connectivity index (χ1v) is 10.1. The molecule has 0 heterocycles. The molecule has 30 heavy (non-hydrogen) atoms. The van der Waals surface area contributed by atoms with Gasteiger partial charge in [0.15, 0.2) is 0 Å². The maximum Gasteiger partial charge on any atom is 0.253 e. The molecule has 2 amide bonds. The van der Waals surface area contributed by atoms with Gasteiger partial charge in [0.1, 0.15) is 0 Å². The molecule has 0 aliphatic heterocycles. The minimum atomic E-state index is -0.239. The molecule has 6 heteroatoms. The molecule has 0 saturated carbocycles. The van der Waals surface area contributed by atoms with Crippen molar-refractivity contribution in [3.8, 4) is 0 Å².